The van der Waals surface area contributed by atoms with E-state index < -0.39 is 44.1 Å². The molecule has 55 heavy (non-hydrogen) atoms. The molecule has 2 fully saturated rings. The Hall–Kier alpha value is -5.14. The minimum absolute atomic E-state index is 0.0243. The van der Waals surface area contributed by atoms with Crippen molar-refractivity contribution in [3.8, 4) is 5.75 Å². The number of ether oxygens (including phenoxy) is 2. The van der Waals surface area contributed by atoms with E-state index in [4.69, 9.17) is 9.47 Å². The van der Waals surface area contributed by atoms with Crippen LogP contribution in [0.1, 0.15) is 49.9 Å². The van der Waals surface area contributed by atoms with Gasteiger partial charge in [0.1, 0.15) is 23.5 Å². The molecule has 18 heteroatoms. The number of aryl methyl sites for hydroxylation is 1. The lowest BCUT2D eigenvalue weighted by molar-refractivity contribution is -0.00238. The van der Waals surface area contributed by atoms with Crippen LogP contribution in [0.4, 0.5) is 20.2 Å². The first-order valence-corrected chi connectivity index (χ1v) is 20.3. The first-order valence-electron chi connectivity index (χ1n) is 17.2. The molecule has 6 rings (SSSR count). The monoisotopic (exact) mass is 800 g/mol. The number of benzene rings is 4. The Kier molecular flexibility index (Phi) is 12.0. The zero-order valence-corrected chi connectivity index (χ0v) is 30.9. The van der Waals surface area contributed by atoms with E-state index in [0.29, 0.717) is 37.2 Å². The number of nitrogens with zero attached hydrogens (tertiary/aromatic N) is 2. The average Bonchev–Trinajstić information content (AvgIpc) is 3.12. The van der Waals surface area contributed by atoms with Crippen LogP contribution < -0.4 is 14.2 Å². The van der Waals surface area contributed by atoms with Crippen molar-refractivity contribution < 1.29 is 54.9 Å². The molecular formula is C37H38F2N4O10S2. The summed E-state index contributed by atoms with van der Waals surface area (Å²) >= 11 is 0. The van der Waals surface area contributed by atoms with Gasteiger partial charge in [-0.15, -0.1) is 0 Å². The Bertz CT molecular complexity index is 2250. The van der Waals surface area contributed by atoms with Gasteiger partial charge in [-0.1, -0.05) is 30.3 Å². The number of halogens is 2. The molecule has 2 heterocycles. The van der Waals surface area contributed by atoms with Crippen LogP contribution in [-0.2, 0) is 37.9 Å². The SMILES string of the molecule is O=C(O)c1cc(CN2CC(Oc3ccc(NS(=O)(=O)N4CCOC(c5ccc(F)cc5)C4)c(C(=O)O)c3)C2)ccc1NS(=O)(=O)CCCc1ccc(F)cc1. The van der Waals surface area contributed by atoms with Gasteiger partial charge in [0, 0.05) is 32.7 Å². The Balaban J connectivity index is 1.02. The summed E-state index contributed by atoms with van der Waals surface area (Å²) in [4.78, 5) is 26.2. The molecule has 292 valence electrons. The van der Waals surface area contributed by atoms with Gasteiger partial charge in [0.25, 0.3) is 0 Å². The highest BCUT2D eigenvalue weighted by molar-refractivity contribution is 7.92. The summed E-state index contributed by atoms with van der Waals surface area (Å²) in [7, 11) is -8.08. The third-order valence-electron chi connectivity index (χ3n) is 9.08. The van der Waals surface area contributed by atoms with E-state index in [2.05, 4.69) is 9.44 Å². The van der Waals surface area contributed by atoms with E-state index in [1.807, 2.05) is 4.90 Å². The Morgan fingerprint density at radius 2 is 1.38 bits per heavy atom. The molecule has 4 aromatic carbocycles. The molecule has 14 nitrogen and oxygen atoms in total. The van der Waals surface area contributed by atoms with Crippen LogP contribution in [-0.4, -0.2) is 92.8 Å². The molecule has 2 aliphatic rings. The average molecular weight is 801 g/mol. The molecule has 0 spiro atoms. The lowest BCUT2D eigenvalue weighted by Crippen LogP contribution is -2.53. The van der Waals surface area contributed by atoms with E-state index >= 15 is 0 Å². The number of carboxylic acid groups (broad SMARTS) is 2. The number of likely N-dealkylation sites (tertiary alicyclic amines) is 1. The summed E-state index contributed by atoms with van der Waals surface area (Å²) in [5.41, 5.74) is 1.21. The van der Waals surface area contributed by atoms with Crippen molar-refractivity contribution in [1.29, 1.82) is 0 Å². The van der Waals surface area contributed by atoms with Crippen LogP contribution in [0.2, 0.25) is 0 Å². The largest absolute Gasteiger partial charge is 0.488 e. The third-order valence-corrected chi connectivity index (χ3v) is 11.9. The summed E-state index contributed by atoms with van der Waals surface area (Å²) < 4.78 is 96.0. The van der Waals surface area contributed by atoms with E-state index in [9.17, 15) is 45.4 Å². The second-order valence-electron chi connectivity index (χ2n) is 13.2. The maximum Gasteiger partial charge on any atom is 0.337 e. The maximum absolute atomic E-state index is 13.4. The Labute approximate surface area is 316 Å². The molecule has 0 amide bonds. The van der Waals surface area contributed by atoms with Crippen molar-refractivity contribution in [2.45, 2.75) is 31.6 Å². The second-order valence-corrected chi connectivity index (χ2v) is 16.7. The number of anilines is 2. The highest BCUT2D eigenvalue weighted by Gasteiger charge is 2.32. The van der Waals surface area contributed by atoms with Crippen LogP contribution in [0, 0.1) is 11.6 Å². The van der Waals surface area contributed by atoms with Crippen LogP contribution in [0.25, 0.3) is 0 Å². The van der Waals surface area contributed by atoms with Gasteiger partial charge in [-0.05, 0) is 84.1 Å². The molecule has 0 bridgehead atoms. The Morgan fingerprint density at radius 3 is 2.05 bits per heavy atom. The van der Waals surface area contributed by atoms with Crippen LogP contribution in [0.15, 0.2) is 84.9 Å². The zero-order valence-electron chi connectivity index (χ0n) is 29.2. The molecule has 2 aliphatic heterocycles. The van der Waals surface area contributed by atoms with E-state index in [1.165, 1.54) is 66.7 Å². The Morgan fingerprint density at radius 1 is 0.782 bits per heavy atom. The molecule has 0 aromatic heterocycles. The van der Waals surface area contributed by atoms with Crippen molar-refractivity contribution in [2.75, 3.05) is 48.0 Å². The number of nitrogens with one attached hydrogen (secondary N) is 2. The molecule has 4 N–H and O–H groups in total. The normalized spacial score (nSPS) is 16.9. The van der Waals surface area contributed by atoms with E-state index in [-0.39, 0.29) is 72.0 Å². The van der Waals surface area contributed by atoms with Gasteiger partial charge in [0.05, 0.1) is 41.0 Å². The summed E-state index contributed by atoms with van der Waals surface area (Å²) in [6.07, 6.45) is -0.339. The minimum Gasteiger partial charge on any atom is -0.488 e. The first kappa shape index (κ1) is 39.6. The number of rotatable bonds is 16. The van der Waals surface area contributed by atoms with Crippen LogP contribution >= 0.6 is 0 Å². The first-order chi connectivity index (χ1) is 26.1. The second kappa shape index (κ2) is 16.7. The van der Waals surface area contributed by atoms with Crippen molar-refractivity contribution in [1.82, 2.24) is 9.21 Å². The molecule has 0 aliphatic carbocycles. The lowest BCUT2D eigenvalue weighted by atomic mass is 10.1. The topological polar surface area (TPSA) is 192 Å². The number of carboxylic acids is 2. The molecule has 0 saturated carbocycles. The molecule has 1 atom stereocenters. The maximum atomic E-state index is 13.4. The zero-order chi connectivity index (χ0) is 39.3. The van der Waals surface area contributed by atoms with Gasteiger partial charge in [-0.3, -0.25) is 14.3 Å². The van der Waals surface area contributed by atoms with Gasteiger partial charge in [-0.25, -0.2) is 26.8 Å². The van der Waals surface area contributed by atoms with E-state index in [1.54, 1.807) is 18.2 Å². The van der Waals surface area contributed by atoms with Crippen LogP contribution in [0.3, 0.4) is 0 Å². The number of morpholine rings is 1. The summed E-state index contributed by atoms with van der Waals surface area (Å²) in [5.74, 6) is -3.58. The quantitative estimate of drug-likeness (QED) is 0.123. The van der Waals surface area contributed by atoms with E-state index in [0.717, 1.165) is 9.87 Å². The molecular weight excluding hydrogens is 763 g/mol. The fourth-order valence-electron chi connectivity index (χ4n) is 6.26. The number of sulfonamides is 1. The summed E-state index contributed by atoms with van der Waals surface area (Å²) in [6, 6.07) is 19.7. The smallest absolute Gasteiger partial charge is 0.337 e. The number of hydrogen-bond donors (Lipinski definition) is 4. The predicted octanol–water partition coefficient (Wildman–Crippen LogP) is 4.73. The standard InChI is InChI=1S/C37H38F2N4O10S2/c38-27-8-3-24(4-9-27)2-1-17-54(48,49)40-33-13-5-25(18-31(33)36(44)45)20-42-21-30(22-42)53-29-12-14-34(32(19-29)37(46)47)41-55(50,51)43-15-16-52-35(23-43)26-6-10-28(39)11-7-26/h3-14,18-19,30,35,40-41H,1-2,15-17,20-23H2,(H,44,45)(H,46,47). The minimum atomic E-state index is -4.20. The fourth-order valence-corrected chi connectivity index (χ4v) is 8.63. The van der Waals surface area contributed by atoms with Crippen LogP contribution in [0.5, 0.6) is 5.75 Å². The predicted molar refractivity (Wildman–Crippen MR) is 198 cm³/mol. The highest BCUT2D eigenvalue weighted by Crippen LogP contribution is 2.29. The number of hydrogen-bond acceptors (Lipinski definition) is 9. The lowest BCUT2D eigenvalue weighted by Gasteiger charge is -2.39. The van der Waals surface area contributed by atoms with Crippen molar-refractivity contribution in [3.63, 3.8) is 0 Å². The van der Waals surface area contributed by atoms with Gasteiger partial charge in [0.15, 0.2) is 0 Å². The fraction of sp³-hybridized carbons (Fsp3) is 0.297. The molecule has 1 unspecified atom stereocenters. The van der Waals surface area contributed by atoms with Crippen molar-refractivity contribution in [3.05, 3.63) is 124 Å². The molecule has 0 radical (unpaired) electrons. The highest BCUT2D eigenvalue weighted by atomic mass is 32.2. The summed E-state index contributed by atoms with van der Waals surface area (Å²) in [6.45, 7) is 1.19. The van der Waals surface area contributed by atoms with Gasteiger partial charge >= 0.3 is 22.1 Å². The summed E-state index contributed by atoms with van der Waals surface area (Å²) in [5, 5.41) is 19.7. The van der Waals surface area contributed by atoms with Gasteiger partial charge in [0.2, 0.25) is 10.0 Å². The molecule has 4 aromatic rings. The van der Waals surface area contributed by atoms with Gasteiger partial charge < -0.3 is 19.7 Å². The van der Waals surface area contributed by atoms with Crippen molar-refractivity contribution >= 4 is 43.5 Å². The number of carbonyl (C=O) groups is 2. The third kappa shape index (κ3) is 10.3. The number of aromatic carboxylic acids is 2. The van der Waals surface area contributed by atoms with Gasteiger partial charge in [-0.2, -0.15) is 12.7 Å². The molecule has 2 saturated heterocycles. The van der Waals surface area contributed by atoms with Crippen molar-refractivity contribution in [2.24, 2.45) is 0 Å².